The first-order valence-corrected chi connectivity index (χ1v) is 7.44. The molecule has 0 aliphatic heterocycles. The van der Waals surface area contributed by atoms with Gasteiger partial charge in [0.2, 0.25) is 0 Å². The van der Waals surface area contributed by atoms with Gasteiger partial charge in [0.05, 0.1) is 14.4 Å². The highest BCUT2D eigenvalue weighted by atomic mass is 79.9. The Morgan fingerprint density at radius 2 is 2.06 bits per heavy atom. The van der Waals surface area contributed by atoms with Gasteiger partial charge in [-0.15, -0.1) is 11.3 Å². The van der Waals surface area contributed by atoms with Gasteiger partial charge in [-0.3, -0.25) is 0 Å². The summed E-state index contributed by atoms with van der Waals surface area (Å²) in [5.41, 5.74) is 3.19. The maximum atomic E-state index is 4.63. The van der Waals surface area contributed by atoms with E-state index in [0.29, 0.717) is 0 Å². The minimum atomic E-state index is 0.977. The van der Waals surface area contributed by atoms with Crippen LogP contribution in [0.15, 0.2) is 38.9 Å². The summed E-state index contributed by atoms with van der Waals surface area (Å²) in [6, 6.07) is 6.21. The average Bonchev–Trinajstić information content (AvgIpc) is 2.85. The van der Waals surface area contributed by atoms with Crippen LogP contribution in [0.3, 0.4) is 0 Å². The standard InChI is InChI=1S/C12H8Br2N2S/c1-7-4-12-15-9(6-16(12)5-8(7)13)10-2-3-11(14)17-10/h2-6H,1H3. The topological polar surface area (TPSA) is 17.3 Å². The van der Waals surface area contributed by atoms with Crippen molar-refractivity contribution >= 4 is 48.8 Å². The summed E-state index contributed by atoms with van der Waals surface area (Å²) >= 11 is 8.70. The van der Waals surface area contributed by atoms with Gasteiger partial charge in [-0.1, -0.05) is 0 Å². The first-order valence-electron chi connectivity index (χ1n) is 5.04. The Bertz CT molecular complexity index is 661. The fourth-order valence-corrected chi connectivity index (χ4v) is 3.35. The molecule has 3 aromatic heterocycles. The molecule has 0 bridgehead atoms. The van der Waals surface area contributed by atoms with Crippen LogP contribution >= 0.6 is 43.2 Å². The number of halogens is 2. The Morgan fingerprint density at radius 3 is 2.76 bits per heavy atom. The summed E-state index contributed by atoms with van der Waals surface area (Å²) in [5, 5.41) is 0. The van der Waals surface area contributed by atoms with E-state index in [1.54, 1.807) is 11.3 Å². The van der Waals surface area contributed by atoms with Crippen molar-refractivity contribution in [2.24, 2.45) is 0 Å². The smallest absolute Gasteiger partial charge is 0.137 e. The fourth-order valence-electron chi connectivity index (χ4n) is 1.68. The van der Waals surface area contributed by atoms with Crippen LogP contribution in [0.25, 0.3) is 16.2 Å². The molecule has 3 rings (SSSR count). The molecule has 0 saturated heterocycles. The van der Waals surface area contributed by atoms with E-state index in [2.05, 4.69) is 62.1 Å². The van der Waals surface area contributed by atoms with E-state index < -0.39 is 0 Å². The summed E-state index contributed by atoms with van der Waals surface area (Å²) in [7, 11) is 0. The van der Waals surface area contributed by atoms with E-state index in [9.17, 15) is 0 Å². The third-order valence-electron chi connectivity index (χ3n) is 2.56. The number of pyridine rings is 1. The van der Waals surface area contributed by atoms with Gasteiger partial charge in [0, 0.05) is 16.9 Å². The van der Waals surface area contributed by atoms with Crippen molar-refractivity contribution in [1.29, 1.82) is 0 Å². The predicted octanol–water partition coefficient (Wildman–Crippen LogP) is 4.90. The number of imidazole rings is 1. The Hall–Kier alpha value is -0.650. The monoisotopic (exact) mass is 370 g/mol. The second kappa shape index (κ2) is 4.23. The lowest BCUT2D eigenvalue weighted by atomic mass is 10.3. The van der Waals surface area contributed by atoms with E-state index in [1.165, 1.54) is 10.4 Å². The molecule has 2 nitrogen and oxygen atoms in total. The van der Waals surface area contributed by atoms with Crippen molar-refractivity contribution in [2.45, 2.75) is 6.92 Å². The molecule has 3 aromatic rings. The van der Waals surface area contributed by atoms with Crippen molar-refractivity contribution in [3.63, 3.8) is 0 Å². The highest BCUT2D eigenvalue weighted by Crippen LogP contribution is 2.31. The Kier molecular flexibility index (Phi) is 2.84. The molecule has 0 spiro atoms. The van der Waals surface area contributed by atoms with Crippen molar-refractivity contribution in [1.82, 2.24) is 9.38 Å². The lowest BCUT2D eigenvalue weighted by Crippen LogP contribution is -1.85. The molecule has 3 heterocycles. The SMILES string of the molecule is Cc1cc2nc(-c3ccc(Br)s3)cn2cc1Br. The zero-order valence-corrected chi connectivity index (χ0v) is 12.9. The summed E-state index contributed by atoms with van der Waals surface area (Å²) in [5.74, 6) is 0. The molecule has 0 unspecified atom stereocenters. The molecule has 0 atom stereocenters. The minimum absolute atomic E-state index is 0.977. The minimum Gasteiger partial charge on any atom is -0.305 e. The predicted molar refractivity (Wildman–Crippen MR) is 78.6 cm³/mol. The van der Waals surface area contributed by atoms with Gasteiger partial charge in [0.15, 0.2) is 0 Å². The maximum Gasteiger partial charge on any atom is 0.137 e. The van der Waals surface area contributed by atoms with E-state index in [4.69, 9.17) is 0 Å². The molecule has 0 amide bonds. The number of aromatic nitrogens is 2. The third-order valence-corrected chi connectivity index (χ3v) is 5.04. The Balaban J connectivity index is 2.19. The molecule has 5 heteroatoms. The van der Waals surface area contributed by atoms with Gasteiger partial charge >= 0.3 is 0 Å². The van der Waals surface area contributed by atoms with Crippen molar-refractivity contribution in [3.05, 3.63) is 44.4 Å². The van der Waals surface area contributed by atoms with Crippen LogP contribution in [0.4, 0.5) is 0 Å². The van der Waals surface area contributed by atoms with Crippen LogP contribution in [0, 0.1) is 6.92 Å². The number of hydrogen-bond acceptors (Lipinski definition) is 2. The molecule has 0 aromatic carbocycles. The molecule has 0 radical (unpaired) electrons. The normalized spacial score (nSPS) is 11.2. The van der Waals surface area contributed by atoms with Gasteiger partial charge in [-0.05, 0) is 62.5 Å². The fraction of sp³-hybridized carbons (Fsp3) is 0.0833. The van der Waals surface area contributed by atoms with E-state index in [-0.39, 0.29) is 0 Å². The van der Waals surface area contributed by atoms with Crippen molar-refractivity contribution in [2.75, 3.05) is 0 Å². The van der Waals surface area contributed by atoms with Gasteiger partial charge in [-0.2, -0.15) is 0 Å². The van der Waals surface area contributed by atoms with Gasteiger partial charge < -0.3 is 4.40 Å². The second-order valence-corrected chi connectivity index (χ2v) is 7.12. The molecule has 0 aliphatic carbocycles. The van der Waals surface area contributed by atoms with Crippen LogP contribution in [0.5, 0.6) is 0 Å². The third kappa shape index (κ3) is 2.07. The Morgan fingerprint density at radius 1 is 1.24 bits per heavy atom. The maximum absolute atomic E-state index is 4.63. The van der Waals surface area contributed by atoms with Crippen LogP contribution < -0.4 is 0 Å². The second-order valence-electron chi connectivity index (χ2n) is 3.80. The summed E-state index contributed by atoms with van der Waals surface area (Å²) in [4.78, 5) is 5.81. The summed E-state index contributed by atoms with van der Waals surface area (Å²) in [6.45, 7) is 2.07. The zero-order valence-electron chi connectivity index (χ0n) is 8.95. The number of fused-ring (bicyclic) bond motifs is 1. The number of rotatable bonds is 1. The molecular formula is C12H8Br2N2S. The first kappa shape index (κ1) is 11.4. The van der Waals surface area contributed by atoms with Gasteiger partial charge in [0.25, 0.3) is 0 Å². The Labute approximate surface area is 120 Å². The molecule has 0 aliphatic rings. The van der Waals surface area contributed by atoms with E-state index in [0.717, 1.165) is 19.6 Å². The lowest BCUT2D eigenvalue weighted by molar-refractivity contribution is 1.16. The largest absolute Gasteiger partial charge is 0.305 e. The van der Waals surface area contributed by atoms with Crippen LogP contribution in [0.2, 0.25) is 0 Å². The van der Waals surface area contributed by atoms with E-state index in [1.807, 2.05) is 16.7 Å². The highest BCUT2D eigenvalue weighted by molar-refractivity contribution is 9.11. The number of thiophene rings is 1. The number of hydrogen-bond donors (Lipinski definition) is 0. The molecule has 86 valence electrons. The van der Waals surface area contributed by atoms with E-state index >= 15 is 0 Å². The summed E-state index contributed by atoms with van der Waals surface area (Å²) in [6.07, 6.45) is 4.10. The highest BCUT2D eigenvalue weighted by Gasteiger charge is 2.08. The molecular weight excluding hydrogens is 364 g/mol. The number of aryl methyl sites for hydroxylation is 1. The van der Waals surface area contributed by atoms with Crippen LogP contribution in [-0.2, 0) is 0 Å². The molecule has 17 heavy (non-hydrogen) atoms. The van der Waals surface area contributed by atoms with Gasteiger partial charge in [-0.25, -0.2) is 4.98 Å². The molecule has 0 N–H and O–H groups in total. The number of nitrogens with zero attached hydrogens (tertiary/aromatic N) is 2. The first-order chi connectivity index (χ1) is 8.13. The van der Waals surface area contributed by atoms with Crippen molar-refractivity contribution < 1.29 is 0 Å². The van der Waals surface area contributed by atoms with Gasteiger partial charge in [0.1, 0.15) is 5.65 Å². The lowest BCUT2D eigenvalue weighted by Gasteiger charge is -1.98. The molecule has 0 saturated carbocycles. The summed E-state index contributed by atoms with van der Waals surface area (Å²) < 4.78 is 4.27. The zero-order chi connectivity index (χ0) is 12.0. The quantitative estimate of drug-likeness (QED) is 0.594. The average molecular weight is 372 g/mol. The molecule has 0 fully saturated rings. The van der Waals surface area contributed by atoms with Crippen LogP contribution in [0.1, 0.15) is 5.56 Å². The van der Waals surface area contributed by atoms with Crippen LogP contribution in [-0.4, -0.2) is 9.38 Å². The van der Waals surface area contributed by atoms with Crippen molar-refractivity contribution in [3.8, 4) is 10.6 Å².